The smallest absolute Gasteiger partial charge is 0.258 e. The van der Waals surface area contributed by atoms with Gasteiger partial charge < -0.3 is 4.98 Å². The molecule has 0 aliphatic rings. The average Bonchev–Trinajstić information content (AvgIpc) is 3.00. The van der Waals surface area contributed by atoms with Gasteiger partial charge in [0.25, 0.3) is 5.56 Å². The molecule has 0 spiro atoms. The Bertz CT molecular complexity index is 890. The summed E-state index contributed by atoms with van der Waals surface area (Å²) in [6.07, 6.45) is 0. The number of hydrogen-bond donors (Lipinski definition) is 1. The van der Waals surface area contributed by atoms with Crippen LogP contribution in [0.15, 0.2) is 37.7 Å². The second-order valence-electron chi connectivity index (χ2n) is 5.77. The summed E-state index contributed by atoms with van der Waals surface area (Å²) in [5, 5.41) is 9.07. The molecule has 0 amide bonds. The van der Waals surface area contributed by atoms with E-state index in [4.69, 9.17) is 0 Å². The highest BCUT2D eigenvalue weighted by Gasteiger charge is 2.15. The minimum absolute atomic E-state index is 0.00166. The van der Waals surface area contributed by atoms with E-state index in [1.165, 1.54) is 0 Å². The molecule has 8 heteroatoms. The highest BCUT2D eigenvalue weighted by atomic mass is 32.2. The molecule has 0 bridgehead atoms. The number of H-pyrrole nitrogens is 1. The average molecular weight is 379 g/mol. The number of rotatable bonds is 6. The molecule has 126 valence electrons. The number of benzene rings is 1. The molecule has 24 heavy (non-hydrogen) atoms. The normalized spacial score (nSPS) is 12.8. The number of para-hydroxylation sites is 1. The summed E-state index contributed by atoms with van der Waals surface area (Å²) in [4.78, 5) is 19.6. The SMILES string of the molecule is CC(C)CSc1nnc(S[C@H](C)c2nc3ccccc3c(=O)[nH]2)s1. The van der Waals surface area contributed by atoms with E-state index < -0.39 is 0 Å². The lowest BCUT2D eigenvalue weighted by molar-refractivity contribution is 0.749. The van der Waals surface area contributed by atoms with Crippen molar-refractivity contribution in [2.24, 2.45) is 5.92 Å². The fourth-order valence-corrected chi connectivity index (χ4v) is 5.24. The number of nitrogens with zero attached hydrogens (tertiary/aromatic N) is 3. The minimum atomic E-state index is -0.103. The fourth-order valence-electron chi connectivity index (χ4n) is 2.05. The maximum absolute atomic E-state index is 12.2. The van der Waals surface area contributed by atoms with Crippen molar-refractivity contribution in [1.29, 1.82) is 0 Å². The monoisotopic (exact) mass is 378 g/mol. The summed E-state index contributed by atoms with van der Waals surface area (Å²) in [6, 6.07) is 7.37. The Balaban J connectivity index is 1.75. The first kappa shape index (κ1) is 17.4. The molecular weight excluding hydrogens is 360 g/mol. The molecule has 0 fully saturated rings. The van der Waals surface area contributed by atoms with Gasteiger partial charge in [-0.2, -0.15) is 0 Å². The van der Waals surface area contributed by atoms with Gasteiger partial charge in [0.05, 0.1) is 16.2 Å². The van der Waals surface area contributed by atoms with Gasteiger partial charge in [0.2, 0.25) is 0 Å². The number of fused-ring (bicyclic) bond motifs is 1. The van der Waals surface area contributed by atoms with E-state index in [1.54, 1.807) is 40.9 Å². The van der Waals surface area contributed by atoms with Gasteiger partial charge in [0.1, 0.15) is 5.82 Å². The highest BCUT2D eigenvalue weighted by Crippen LogP contribution is 2.37. The van der Waals surface area contributed by atoms with Crippen LogP contribution in [-0.4, -0.2) is 25.9 Å². The predicted molar refractivity (Wildman–Crippen MR) is 102 cm³/mol. The zero-order valence-corrected chi connectivity index (χ0v) is 16.1. The Kier molecular flexibility index (Phi) is 5.57. The first-order chi connectivity index (χ1) is 11.5. The van der Waals surface area contributed by atoms with E-state index in [1.807, 2.05) is 25.1 Å². The zero-order valence-electron chi connectivity index (χ0n) is 13.6. The Morgan fingerprint density at radius 1 is 1.17 bits per heavy atom. The molecule has 0 saturated heterocycles. The van der Waals surface area contributed by atoms with E-state index in [0.717, 1.165) is 14.4 Å². The lowest BCUT2D eigenvalue weighted by Crippen LogP contribution is -2.12. The quantitative estimate of drug-likeness (QED) is 0.642. The van der Waals surface area contributed by atoms with Crippen molar-refractivity contribution in [2.75, 3.05) is 5.75 Å². The molecule has 1 N–H and O–H groups in total. The van der Waals surface area contributed by atoms with E-state index >= 15 is 0 Å². The number of nitrogens with one attached hydrogen (secondary N) is 1. The van der Waals surface area contributed by atoms with Gasteiger partial charge >= 0.3 is 0 Å². The fraction of sp³-hybridized carbons (Fsp3) is 0.375. The van der Waals surface area contributed by atoms with Crippen LogP contribution >= 0.6 is 34.9 Å². The standard InChI is InChI=1S/C16H18N4OS3/c1-9(2)8-22-15-19-20-16(24-15)23-10(3)13-17-12-7-5-4-6-11(12)14(21)18-13/h4-7,9-10H,8H2,1-3H3,(H,17,18,21)/t10-/m1/s1. The van der Waals surface area contributed by atoms with E-state index in [9.17, 15) is 4.79 Å². The van der Waals surface area contributed by atoms with Crippen LogP contribution in [0.5, 0.6) is 0 Å². The number of thioether (sulfide) groups is 2. The van der Waals surface area contributed by atoms with E-state index in [2.05, 4.69) is 34.0 Å². The molecule has 2 aromatic heterocycles. The van der Waals surface area contributed by atoms with Crippen LogP contribution in [-0.2, 0) is 0 Å². The van der Waals surface area contributed by atoms with Gasteiger partial charge in [-0.05, 0) is 25.0 Å². The van der Waals surface area contributed by atoms with Crippen molar-refractivity contribution in [2.45, 2.75) is 34.7 Å². The molecule has 1 atom stereocenters. The number of hydrogen-bond acceptors (Lipinski definition) is 7. The summed E-state index contributed by atoms with van der Waals surface area (Å²) in [6.45, 7) is 6.39. The van der Waals surface area contributed by atoms with Gasteiger partial charge in [-0.3, -0.25) is 4.79 Å². The number of aromatic amines is 1. The van der Waals surface area contributed by atoms with Gasteiger partial charge in [-0.25, -0.2) is 4.98 Å². The maximum atomic E-state index is 12.2. The van der Waals surface area contributed by atoms with Gasteiger partial charge in [0.15, 0.2) is 8.68 Å². The molecule has 3 aromatic rings. The summed E-state index contributed by atoms with van der Waals surface area (Å²) in [7, 11) is 0. The first-order valence-corrected chi connectivity index (χ1v) is 10.3. The first-order valence-electron chi connectivity index (χ1n) is 7.65. The zero-order chi connectivity index (χ0) is 17.1. The van der Waals surface area contributed by atoms with Crippen LogP contribution in [0.4, 0.5) is 0 Å². The molecule has 3 rings (SSSR count). The predicted octanol–water partition coefficient (Wildman–Crippen LogP) is 4.38. The Hall–Kier alpha value is -1.38. The molecule has 0 saturated carbocycles. The second-order valence-corrected chi connectivity index (χ2v) is 9.60. The molecule has 2 heterocycles. The minimum Gasteiger partial charge on any atom is -0.309 e. The van der Waals surface area contributed by atoms with Crippen LogP contribution in [0.2, 0.25) is 0 Å². The molecule has 1 aromatic carbocycles. The molecule has 0 radical (unpaired) electrons. The van der Waals surface area contributed by atoms with E-state index in [0.29, 0.717) is 22.6 Å². The lowest BCUT2D eigenvalue weighted by atomic mass is 10.2. The maximum Gasteiger partial charge on any atom is 0.258 e. The van der Waals surface area contributed by atoms with Crippen LogP contribution < -0.4 is 5.56 Å². The van der Waals surface area contributed by atoms with Crippen molar-refractivity contribution < 1.29 is 0 Å². The Morgan fingerprint density at radius 3 is 2.71 bits per heavy atom. The van der Waals surface area contributed by atoms with Gasteiger partial charge in [-0.1, -0.05) is 60.8 Å². The third-order valence-electron chi connectivity index (χ3n) is 3.22. The van der Waals surface area contributed by atoms with Crippen molar-refractivity contribution >= 4 is 45.8 Å². The molecule has 0 aliphatic heterocycles. The van der Waals surface area contributed by atoms with Crippen LogP contribution in [0.1, 0.15) is 31.8 Å². The summed E-state index contributed by atoms with van der Waals surface area (Å²) >= 11 is 4.89. The topological polar surface area (TPSA) is 71.5 Å². The largest absolute Gasteiger partial charge is 0.309 e. The van der Waals surface area contributed by atoms with Crippen molar-refractivity contribution in [3.63, 3.8) is 0 Å². The van der Waals surface area contributed by atoms with Gasteiger partial charge in [-0.15, -0.1) is 10.2 Å². The molecule has 5 nitrogen and oxygen atoms in total. The Labute approximate surface area is 152 Å². The third-order valence-corrected chi connectivity index (χ3v) is 6.90. The van der Waals surface area contributed by atoms with Gasteiger partial charge in [0, 0.05) is 5.75 Å². The van der Waals surface area contributed by atoms with E-state index in [-0.39, 0.29) is 10.8 Å². The highest BCUT2D eigenvalue weighted by molar-refractivity contribution is 8.03. The lowest BCUT2D eigenvalue weighted by Gasteiger charge is -2.08. The van der Waals surface area contributed by atoms with Crippen molar-refractivity contribution in [3.05, 3.63) is 40.4 Å². The molecule has 0 unspecified atom stereocenters. The van der Waals surface area contributed by atoms with Crippen molar-refractivity contribution in [1.82, 2.24) is 20.2 Å². The van der Waals surface area contributed by atoms with Crippen LogP contribution in [0.25, 0.3) is 10.9 Å². The summed E-state index contributed by atoms with van der Waals surface area (Å²) < 4.78 is 1.88. The van der Waals surface area contributed by atoms with Crippen LogP contribution in [0, 0.1) is 5.92 Å². The summed E-state index contributed by atoms with van der Waals surface area (Å²) in [5.41, 5.74) is 0.614. The third kappa shape index (κ3) is 4.17. The molecular formula is C16H18N4OS3. The Morgan fingerprint density at radius 2 is 1.92 bits per heavy atom. The molecule has 0 aliphatic carbocycles. The second kappa shape index (κ2) is 7.67. The summed E-state index contributed by atoms with van der Waals surface area (Å²) in [5.74, 6) is 2.32. The van der Waals surface area contributed by atoms with Crippen LogP contribution in [0.3, 0.4) is 0 Å². The van der Waals surface area contributed by atoms with Crippen molar-refractivity contribution in [3.8, 4) is 0 Å². The number of aromatic nitrogens is 4.